The van der Waals surface area contributed by atoms with Crippen LogP contribution in [0.3, 0.4) is 0 Å². The molecule has 0 bridgehead atoms. The monoisotopic (exact) mass is 318 g/mol. The molecule has 1 saturated heterocycles. The first-order valence-corrected chi connectivity index (χ1v) is 7.74. The summed E-state index contributed by atoms with van der Waals surface area (Å²) < 4.78 is 0. The summed E-state index contributed by atoms with van der Waals surface area (Å²) in [7, 11) is 0. The Balaban J connectivity index is 0.00000176. The van der Waals surface area contributed by atoms with Crippen molar-refractivity contribution in [3.8, 4) is 0 Å². The summed E-state index contributed by atoms with van der Waals surface area (Å²) in [6.45, 7) is 5.61. The number of hydrogen-bond acceptors (Lipinski definition) is 2. The molecule has 0 aromatic heterocycles. The lowest BCUT2D eigenvalue weighted by atomic mass is 9.96. The van der Waals surface area contributed by atoms with Crippen molar-refractivity contribution in [2.45, 2.75) is 19.3 Å². The molecular formula is C18H23ClN2O. The van der Waals surface area contributed by atoms with Crippen LogP contribution in [0.25, 0.3) is 10.8 Å². The van der Waals surface area contributed by atoms with E-state index in [9.17, 15) is 4.79 Å². The fourth-order valence-corrected chi connectivity index (χ4v) is 2.96. The fourth-order valence-electron chi connectivity index (χ4n) is 2.96. The standard InChI is InChI=1S/C18H22N2O.ClH/c1-14(18(21)20-11-4-9-19-10-12-20)16-8-7-15-5-2-3-6-17(15)13-16;/h2-3,5-8,13-14,19H,4,9-12H2,1H3;1H. The highest BCUT2D eigenvalue weighted by molar-refractivity contribution is 5.87. The summed E-state index contributed by atoms with van der Waals surface area (Å²) in [6, 6.07) is 14.6. The second-order valence-electron chi connectivity index (χ2n) is 5.76. The van der Waals surface area contributed by atoms with Crippen LogP contribution in [0.15, 0.2) is 42.5 Å². The van der Waals surface area contributed by atoms with Crippen LogP contribution >= 0.6 is 12.4 Å². The number of fused-ring (bicyclic) bond motifs is 1. The number of hydrogen-bond donors (Lipinski definition) is 1. The summed E-state index contributed by atoms with van der Waals surface area (Å²) in [5, 5.41) is 5.76. The van der Waals surface area contributed by atoms with E-state index in [-0.39, 0.29) is 24.2 Å². The molecule has 3 nitrogen and oxygen atoms in total. The predicted octanol–water partition coefficient (Wildman–Crippen LogP) is 3.19. The van der Waals surface area contributed by atoms with Crippen molar-refractivity contribution in [2.24, 2.45) is 0 Å². The molecule has 1 heterocycles. The van der Waals surface area contributed by atoms with Gasteiger partial charge < -0.3 is 10.2 Å². The summed E-state index contributed by atoms with van der Waals surface area (Å²) in [4.78, 5) is 14.7. The lowest BCUT2D eigenvalue weighted by molar-refractivity contribution is -0.132. The molecule has 1 aliphatic heterocycles. The molecule has 3 rings (SSSR count). The SMILES string of the molecule is CC(C(=O)N1CCCNCC1)c1ccc2ccccc2c1.Cl. The van der Waals surface area contributed by atoms with Crippen LogP contribution < -0.4 is 5.32 Å². The highest BCUT2D eigenvalue weighted by atomic mass is 35.5. The van der Waals surface area contributed by atoms with Gasteiger partial charge in [-0.3, -0.25) is 4.79 Å². The van der Waals surface area contributed by atoms with Gasteiger partial charge in [-0.25, -0.2) is 0 Å². The summed E-state index contributed by atoms with van der Waals surface area (Å²) >= 11 is 0. The topological polar surface area (TPSA) is 32.3 Å². The molecule has 118 valence electrons. The Kier molecular flexibility index (Phi) is 5.81. The van der Waals surface area contributed by atoms with Gasteiger partial charge >= 0.3 is 0 Å². The van der Waals surface area contributed by atoms with Crippen LogP contribution in [0.2, 0.25) is 0 Å². The van der Waals surface area contributed by atoms with Crippen molar-refractivity contribution in [1.29, 1.82) is 0 Å². The van der Waals surface area contributed by atoms with E-state index in [4.69, 9.17) is 0 Å². The van der Waals surface area contributed by atoms with Gasteiger partial charge in [-0.05, 0) is 36.2 Å². The quantitative estimate of drug-likeness (QED) is 0.922. The van der Waals surface area contributed by atoms with Crippen LogP contribution in [-0.2, 0) is 4.79 Å². The molecule has 1 aliphatic rings. The average Bonchev–Trinajstić information content (AvgIpc) is 2.82. The number of nitrogens with one attached hydrogen (secondary N) is 1. The van der Waals surface area contributed by atoms with Crippen LogP contribution in [-0.4, -0.2) is 37.0 Å². The lowest BCUT2D eigenvalue weighted by Gasteiger charge is -2.24. The van der Waals surface area contributed by atoms with Crippen molar-refractivity contribution in [1.82, 2.24) is 10.2 Å². The Morgan fingerprint density at radius 3 is 2.68 bits per heavy atom. The Labute approximate surface area is 138 Å². The van der Waals surface area contributed by atoms with Gasteiger partial charge in [-0.2, -0.15) is 0 Å². The molecule has 1 amide bonds. The molecule has 0 aliphatic carbocycles. The van der Waals surface area contributed by atoms with Crippen molar-refractivity contribution < 1.29 is 4.79 Å². The second kappa shape index (κ2) is 7.61. The first-order valence-electron chi connectivity index (χ1n) is 7.74. The number of carbonyl (C=O) groups excluding carboxylic acids is 1. The first kappa shape index (κ1) is 16.8. The molecular weight excluding hydrogens is 296 g/mol. The third-order valence-corrected chi connectivity index (χ3v) is 4.30. The highest BCUT2D eigenvalue weighted by Gasteiger charge is 2.22. The summed E-state index contributed by atoms with van der Waals surface area (Å²) in [6.07, 6.45) is 1.04. The van der Waals surface area contributed by atoms with E-state index in [2.05, 4.69) is 35.6 Å². The molecule has 22 heavy (non-hydrogen) atoms. The minimum absolute atomic E-state index is 0. The third-order valence-electron chi connectivity index (χ3n) is 4.30. The number of halogens is 1. The summed E-state index contributed by atoms with van der Waals surface area (Å²) in [5.74, 6) is 0.168. The molecule has 1 fully saturated rings. The molecule has 1 N–H and O–H groups in total. The molecule has 1 unspecified atom stereocenters. The molecule has 4 heteroatoms. The van der Waals surface area contributed by atoms with Crippen molar-refractivity contribution in [3.05, 3.63) is 48.0 Å². The number of benzene rings is 2. The maximum atomic E-state index is 12.7. The molecule has 1 atom stereocenters. The Morgan fingerprint density at radius 2 is 1.86 bits per heavy atom. The third kappa shape index (κ3) is 3.60. The molecule has 0 spiro atoms. The van der Waals surface area contributed by atoms with E-state index in [0.717, 1.165) is 38.2 Å². The van der Waals surface area contributed by atoms with Crippen LogP contribution in [0.1, 0.15) is 24.8 Å². The largest absolute Gasteiger partial charge is 0.341 e. The Hall–Kier alpha value is -1.58. The highest BCUT2D eigenvalue weighted by Crippen LogP contribution is 2.23. The van der Waals surface area contributed by atoms with Crippen molar-refractivity contribution in [3.63, 3.8) is 0 Å². The summed E-state index contributed by atoms with van der Waals surface area (Å²) in [5.41, 5.74) is 1.11. The normalized spacial score (nSPS) is 16.7. The van der Waals surface area contributed by atoms with Gasteiger partial charge in [0.15, 0.2) is 0 Å². The minimum Gasteiger partial charge on any atom is -0.341 e. The van der Waals surface area contributed by atoms with Gasteiger partial charge in [0.2, 0.25) is 5.91 Å². The lowest BCUT2D eigenvalue weighted by Crippen LogP contribution is -2.36. The van der Waals surface area contributed by atoms with Crippen molar-refractivity contribution >= 4 is 29.1 Å². The maximum Gasteiger partial charge on any atom is 0.229 e. The van der Waals surface area contributed by atoms with Crippen LogP contribution in [0.4, 0.5) is 0 Å². The first-order chi connectivity index (χ1) is 10.3. The van der Waals surface area contributed by atoms with Crippen LogP contribution in [0, 0.1) is 0 Å². The van der Waals surface area contributed by atoms with Gasteiger partial charge in [0.1, 0.15) is 0 Å². The second-order valence-corrected chi connectivity index (χ2v) is 5.76. The van der Waals surface area contributed by atoms with E-state index in [1.165, 1.54) is 10.8 Å². The smallest absolute Gasteiger partial charge is 0.229 e. The zero-order valence-electron chi connectivity index (χ0n) is 12.9. The molecule has 2 aromatic carbocycles. The number of carbonyl (C=O) groups is 1. The molecule has 2 aromatic rings. The fraction of sp³-hybridized carbons (Fsp3) is 0.389. The molecule has 0 saturated carbocycles. The van der Waals surface area contributed by atoms with E-state index >= 15 is 0 Å². The van der Waals surface area contributed by atoms with Crippen LogP contribution in [0.5, 0.6) is 0 Å². The van der Waals surface area contributed by atoms with E-state index < -0.39 is 0 Å². The van der Waals surface area contributed by atoms with E-state index in [1.807, 2.05) is 24.0 Å². The van der Waals surface area contributed by atoms with Gasteiger partial charge in [-0.15, -0.1) is 12.4 Å². The molecule has 0 radical (unpaired) electrons. The van der Waals surface area contributed by atoms with Gasteiger partial charge in [0, 0.05) is 19.6 Å². The van der Waals surface area contributed by atoms with Crippen molar-refractivity contribution in [2.75, 3.05) is 26.2 Å². The Bertz CT molecular complexity index is 636. The van der Waals surface area contributed by atoms with E-state index in [0.29, 0.717) is 0 Å². The van der Waals surface area contributed by atoms with Gasteiger partial charge in [0.05, 0.1) is 5.92 Å². The zero-order chi connectivity index (χ0) is 14.7. The zero-order valence-corrected chi connectivity index (χ0v) is 13.7. The Morgan fingerprint density at radius 1 is 1.09 bits per heavy atom. The van der Waals surface area contributed by atoms with Gasteiger partial charge in [0.25, 0.3) is 0 Å². The van der Waals surface area contributed by atoms with Gasteiger partial charge in [-0.1, -0.05) is 42.5 Å². The number of rotatable bonds is 2. The number of amides is 1. The predicted molar refractivity (Wildman–Crippen MR) is 93.7 cm³/mol. The number of nitrogens with zero attached hydrogens (tertiary/aromatic N) is 1. The maximum absolute atomic E-state index is 12.7. The minimum atomic E-state index is -0.0762. The van der Waals surface area contributed by atoms with E-state index in [1.54, 1.807) is 0 Å². The average molecular weight is 319 g/mol.